The zero-order valence-electron chi connectivity index (χ0n) is 18.1. The van der Waals surface area contributed by atoms with Crippen LogP contribution in [0.2, 0.25) is 0 Å². The van der Waals surface area contributed by atoms with Gasteiger partial charge in [-0.1, -0.05) is 51.2 Å². The molecule has 0 spiro atoms. The Balaban J connectivity index is 1.83. The van der Waals surface area contributed by atoms with E-state index >= 15 is 0 Å². The van der Waals surface area contributed by atoms with Crippen molar-refractivity contribution in [2.45, 2.75) is 63.9 Å². The summed E-state index contributed by atoms with van der Waals surface area (Å²) in [5, 5.41) is 8.77. The molecular formula is C23H35NO6. The normalized spacial score (nSPS) is 25.5. The van der Waals surface area contributed by atoms with Crippen molar-refractivity contribution in [3.05, 3.63) is 24.8 Å². The monoisotopic (exact) mass is 421 g/mol. The molecule has 2 heterocycles. The standard InChI is InChI=1S/C23H35NO6/c1-4-23(16-29-22(28)17(2)3)19-18(15-30-23)20(26)24(21(19)27)13-11-9-7-5-6-8-10-12-14-25/h4,18-19,25H,1-2,5-16H2,3H3. The van der Waals surface area contributed by atoms with Crippen molar-refractivity contribution < 1.29 is 29.0 Å². The molecule has 0 bridgehead atoms. The van der Waals surface area contributed by atoms with Crippen LogP contribution in [0.25, 0.3) is 0 Å². The maximum atomic E-state index is 13.0. The number of ether oxygens (including phenoxy) is 2. The highest BCUT2D eigenvalue weighted by atomic mass is 16.6. The summed E-state index contributed by atoms with van der Waals surface area (Å²) >= 11 is 0. The summed E-state index contributed by atoms with van der Waals surface area (Å²) in [5.41, 5.74) is -0.918. The largest absolute Gasteiger partial charge is 0.459 e. The summed E-state index contributed by atoms with van der Waals surface area (Å²) in [6.07, 6.45) is 9.62. The number of imide groups is 1. The molecule has 2 aliphatic heterocycles. The summed E-state index contributed by atoms with van der Waals surface area (Å²) in [4.78, 5) is 38.9. The van der Waals surface area contributed by atoms with Crippen molar-refractivity contribution in [2.24, 2.45) is 11.8 Å². The summed E-state index contributed by atoms with van der Waals surface area (Å²) < 4.78 is 11.0. The molecule has 7 heteroatoms. The predicted molar refractivity (Wildman–Crippen MR) is 112 cm³/mol. The van der Waals surface area contributed by atoms with Crippen LogP contribution in [0.1, 0.15) is 58.3 Å². The first-order chi connectivity index (χ1) is 14.4. The van der Waals surface area contributed by atoms with E-state index in [0.29, 0.717) is 6.54 Å². The molecular weight excluding hydrogens is 386 g/mol. The smallest absolute Gasteiger partial charge is 0.333 e. The third-order valence-electron chi connectivity index (χ3n) is 5.99. The minimum atomic E-state index is -1.17. The van der Waals surface area contributed by atoms with Crippen molar-refractivity contribution in [1.29, 1.82) is 0 Å². The van der Waals surface area contributed by atoms with Gasteiger partial charge in [-0.05, 0) is 19.8 Å². The van der Waals surface area contributed by atoms with Crippen molar-refractivity contribution in [3.8, 4) is 0 Å². The SMILES string of the molecule is C=CC1(COC(=O)C(=C)C)OCC2C(=O)N(CCCCCCCCCCO)C(=O)C21. The highest BCUT2D eigenvalue weighted by molar-refractivity contribution is 6.06. The number of aliphatic hydroxyl groups is 1. The van der Waals surface area contributed by atoms with E-state index in [9.17, 15) is 14.4 Å². The highest BCUT2D eigenvalue weighted by Crippen LogP contribution is 2.44. The van der Waals surface area contributed by atoms with E-state index < -0.39 is 23.4 Å². The Morgan fingerprint density at radius 1 is 1.17 bits per heavy atom. The average Bonchev–Trinajstić information content (AvgIpc) is 3.22. The summed E-state index contributed by atoms with van der Waals surface area (Å²) in [6, 6.07) is 0. The van der Waals surface area contributed by atoms with E-state index in [1.54, 1.807) is 6.92 Å². The Bertz CT molecular complexity index is 660. The van der Waals surface area contributed by atoms with E-state index in [2.05, 4.69) is 13.2 Å². The first-order valence-corrected chi connectivity index (χ1v) is 10.9. The molecule has 0 aromatic rings. The number of hydrogen-bond acceptors (Lipinski definition) is 6. The first-order valence-electron chi connectivity index (χ1n) is 10.9. The van der Waals surface area contributed by atoms with E-state index in [4.69, 9.17) is 14.6 Å². The number of nitrogens with zero attached hydrogens (tertiary/aromatic N) is 1. The molecule has 7 nitrogen and oxygen atoms in total. The number of unbranched alkanes of at least 4 members (excludes halogenated alkanes) is 7. The maximum Gasteiger partial charge on any atom is 0.333 e. The van der Waals surface area contributed by atoms with Crippen LogP contribution in [0.5, 0.6) is 0 Å². The molecule has 0 aromatic heterocycles. The fourth-order valence-electron chi connectivity index (χ4n) is 4.18. The van der Waals surface area contributed by atoms with Gasteiger partial charge in [0.15, 0.2) is 0 Å². The van der Waals surface area contributed by atoms with Gasteiger partial charge in [-0.25, -0.2) is 4.79 Å². The number of carbonyl (C=O) groups is 3. The lowest BCUT2D eigenvalue weighted by Gasteiger charge is -2.29. The van der Waals surface area contributed by atoms with Crippen molar-refractivity contribution in [1.82, 2.24) is 4.90 Å². The molecule has 0 aliphatic carbocycles. The lowest BCUT2D eigenvalue weighted by Crippen LogP contribution is -2.45. The fourth-order valence-corrected chi connectivity index (χ4v) is 4.18. The van der Waals surface area contributed by atoms with Gasteiger partial charge in [0.25, 0.3) is 0 Å². The van der Waals surface area contributed by atoms with Crippen LogP contribution in [-0.2, 0) is 23.9 Å². The zero-order valence-corrected chi connectivity index (χ0v) is 18.1. The first kappa shape index (κ1) is 24.3. The second-order valence-electron chi connectivity index (χ2n) is 8.29. The number of amides is 2. The maximum absolute atomic E-state index is 13.0. The molecule has 3 unspecified atom stereocenters. The van der Waals surface area contributed by atoms with Gasteiger partial charge in [-0.3, -0.25) is 14.5 Å². The van der Waals surface area contributed by atoms with Crippen LogP contribution in [0.4, 0.5) is 0 Å². The Morgan fingerprint density at radius 2 is 1.77 bits per heavy atom. The van der Waals surface area contributed by atoms with E-state index in [1.165, 1.54) is 11.0 Å². The molecule has 1 N–H and O–H groups in total. The summed E-state index contributed by atoms with van der Waals surface area (Å²) in [6.45, 7) is 9.49. The van der Waals surface area contributed by atoms with Gasteiger partial charge < -0.3 is 14.6 Å². The van der Waals surface area contributed by atoms with Crippen LogP contribution in [0, 0.1) is 11.8 Å². The average molecular weight is 422 g/mol. The summed E-state index contributed by atoms with van der Waals surface area (Å²) in [5.74, 6) is -2.28. The van der Waals surface area contributed by atoms with Gasteiger partial charge in [0.2, 0.25) is 11.8 Å². The van der Waals surface area contributed by atoms with Crippen molar-refractivity contribution >= 4 is 17.8 Å². The number of rotatable bonds is 14. The van der Waals surface area contributed by atoms with Crippen molar-refractivity contribution in [3.63, 3.8) is 0 Å². The number of aliphatic hydroxyl groups excluding tert-OH is 1. The van der Waals surface area contributed by atoms with Gasteiger partial charge in [-0.15, -0.1) is 6.58 Å². The summed E-state index contributed by atoms with van der Waals surface area (Å²) in [7, 11) is 0. The van der Waals surface area contributed by atoms with Gasteiger partial charge in [-0.2, -0.15) is 0 Å². The molecule has 2 fully saturated rings. The topological polar surface area (TPSA) is 93.1 Å². The molecule has 3 atom stereocenters. The van der Waals surface area contributed by atoms with Gasteiger partial charge in [0.1, 0.15) is 12.2 Å². The third-order valence-corrected chi connectivity index (χ3v) is 5.99. The Morgan fingerprint density at radius 3 is 2.33 bits per heavy atom. The van der Waals surface area contributed by atoms with Gasteiger partial charge >= 0.3 is 5.97 Å². The lowest BCUT2D eigenvalue weighted by molar-refractivity contribution is -0.153. The number of hydrogen-bond donors (Lipinski definition) is 1. The Kier molecular flexibility index (Phi) is 9.24. The quantitative estimate of drug-likeness (QED) is 0.152. The van der Waals surface area contributed by atoms with Gasteiger partial charge in [0.05, 0.1) is 18.4 Å². The molecule has 0 radical (unpaired) electrons. The fraction of sp³-hybridized carbons (Fsp3) is 0.696. The molecule has 0 aromatic carbocycles. The van der Waals surface area contributed by atoms with E-state index in [1.807, 2.05) is 0 Å². The van der Waals surface area contributed by atoms with Crippen LogP contribution < -0.4 is 0 Å². The van der Waals surface area contributed by atoms with Crippen LogP contribution in [0.3, 0.4) is 0 Å². The number of esters is 1. The number of carbonyl (C=O) groups excluding carboxylic acids is 3. The molecule has 0 saturated carbocycles. The second-order valence-corrected chi connectivity index (χ2v) is 8.29. The van der Waals surface area contributed by atoms with E-state index in [-0.39, 0.29) is 37.2 Å². The number of likely N-dealkylation sites (tertiary alicyclic amines) is 1. The molecule has 30 heavy (non-hydrogen) atoms. The highest BCUT2D eigenvalue weighted by Gasteiger charge is 2.62. The predicted octanol–water partition coefficient (Wildman–Crippen LogP) is 2.78. The van der Waals surface area contributed by atoms with Gasteiger partial charge in [0, 0.05) is 18.7 Å². The van der Waals surface area contributed by atoms with E-state index in [0.717, 1.165) is 51.4 Å². The second kappa shape index (κ2) is 11.4. The molecule has 168 valence electrons. The minimum Gasteiger partial charge on any atom is -0.459 e. The van der Waals surface area contributed by atoms with Crippen LogP contribution in [0.15, 0.2) is 24.8 Å². The van der Waals surface area contributed by atoms with Crippen LogP contribution >= 0.6 is 0 Å². The lowest BCUT2D eigenvalue weighted by atomic mass is 9.83. The zero-order chi connectivity index (χ0) is 22.1. The molecule has 2 saturated heterocycles. The Labute approximate surface area is 179 Å². The third kappa shape index (κ3) is 5.58. The van der Waals surface area contributed by atoms with Crippen LogP contribution in [-0.4, -0.2) is 59.8 Å². The minimum absolute atomic E-state index is 0.121. The Hall–Kier alpha value is -1.99. The van der Waals surface area contributed by atoms with Crippen molar-refractivity contribution in [2.75, 3.05) is 26.4 Å². The molecule has 2 amide bonds. The molecule has 2 rings (SSSR count). The number of fused-ring (bicyclic) bond motifs is 1. The molecule has 2 aliphatic rings.